The monoisotopic (exact) mass is 534 g/mol. The van der Waals surface area contributed by atoms with Gasteiger partial charge >= 0.3 is 5.97 Å². The predicted octanol–water partition coefficient (Wildman–Crippen LogP) is 4.01. The number of nitrogens with one attached hydrogen (secondary N) is 1. The Balaban J connectivity index is 1.50. The number of carboxylic acids is 1. The number of hydrogen-bond acceptors (Lipinski definition) is 7. The van der Waals surface area contributed by atoms with Crippen molar-refractivity contribution in [1.82, 2.24) is 5.32 Å². The van der Waals surface area contributed by atoms with Crippen LogP contribution in [0.15, 0.2) is 70.9 Å². The molecular formula is C30H34N2O7. The smallest absolute Gasteiger partial charge is 0.326 e. The number of nitrogens with zero attached hydrogens (tertiary/aromatic N) is 1. The minimum absolute atomic E-state index is 0.0987. The van der Waals surface area contributed by atoms with Gasteiger partial charge in [-0.05, 0) is 35.8 Å². The average Bonchev–Trinajstić information content (AvgIpc) is 3.34. The fourth-order valence-corrected chi connectivity index (χ4v) is 4.90. The summed E-state index contributed by atoms with van der Waals surface area (Å²) in [5, 5.41) is 12.5. The van der Waals surface area contributed by atoms with Crippen LogP contribution in [-0.4, -0.2) is 69.4 Å². The molecule has 3 atom stereocenters. The Kier molecular flexibility index (Phi) is 9.29. The molecule has 2 N–H and O–H groups in total. The summed E-state index contributed by atoms with van der Waals surface area (Å²) in [6.07, 6.45) is 1.92. The second-order valence-corrected chi connectivity index (χ2v) is 9.29. The number of fused-ring (bicyclic) bond motifs is 1. The van der Waals surface area contributed by atoms with Crippen molar-refractivity contribution in [1.29, 1.82) is 0 Å². The summed E-state index contributed by atoms with van der Waals surface area (Å²) in [4.78, 5) is 29.5. The molecular weight excluding hydrogens is 500 g/mol. The predicted molar refractivity (Wildman–Crippen MR) is 147 cm³/mol. The second-order valence-electron chi connectivity index (χ2n) is 9.29. The highest BCUT2D eigenvalue weighted by Gasteiger charge is 2.34. The number of aliphatic imine (C=N–C) groups is 1. The number of benzene rings is 2. The topological polar surface area (TPSA) is 116 Å². The third kappa shape index (κ3) is 6.27. The van der Waals surface area contributed by atoms with Crippen LogP contribution in [0.4, 0.5) is 5.69 Å². The molecule has 0 radical (unpaired) electrons. The molecule has 39 heavy (non-hydrogen) atoms. The summed E-state index contributed by atoms with van der Waals surface area (Å²) in [6.45, 7) is 3.10. The van der Waals surface area contributed by atoms with Crippen LogP contribution in [-0.2, 0) is 35.0 Å². The standard InChI is InChI=1S/C30H34N2O7/c1-5-39-17-19-15-24(36-2)26(25(16-19)37-3)20-12-10-18(11-13-20)14-23(30(34)35)32-29(33)27-28(38-4)21-8-6-7-9-22(21)31-27/h6-13,15,23,25,28H,5,14,16-17H2,1-4H3,(H,32,33)(H,34,35). The third-order valence-electron chi connectivity index (χ3n) is 6.85. The van der Waals surface area contributed by atoms with Crippen LogP contribution < -0.4 is 5.32 Å². The Morgan fingerprint density at radius 2 is 1.82 bits per heavy atom. The van der Waals surface area contributed by atoms with Crippen LogP contribution in [0.25, 0.3) is 5.57 Å². The minimum Gasteiger partial charge on any atom is -0.496 e. The number of rotatable bonds is 12. The van der Waals surface area contributed by atoms with Gasteiger partial charge in [0, 0.05) is 44.8 Å². The number of para-hydroxylation sites is 1. The first kappa shape index (κ1) is 28.2. The first-order chi connectivity index (χ1) is 18.9. The fourth-order valence-electron chi connectivity index (χ4n) is 4.90. The second kappa shape index (κ2) is 12.8. The molecule has 4 rings (SSSR count). The molecule has 0 saturated heterocycles. The molecule has 1 heterocycles. The van der Waals surface area contributed by atoms with E-state index in [1.807, 2.05) is 55.5 Å². The fraction of sp³-hybridized carbons (Fsp3) is 0.367. The molecule has 9 nitrogen and oxygen atoms in total. The molecule has 0 saturated carbocycles. The van der Waals surface area contributed by atoms with Gasteiger partial charge in [-0.2, -0.15) is 0 Å². The van der Waals surface area contributed by atoms with Gasteiger partial charge in [0.2, 0.25) is 0 Å². The van der Waals surface area contributed by atoms with Crippen LogP contribution in [0.3, 0.4) is 0 Å². The summed E-state index contributed by atoms with van der Waals surface area (Å²) < 4.78 is 22.5. The number of carbonyl (C=O) groups excluding carboxylic acids is 1. The van der Waals surface area contributed by atoms with Gasteiger partial charge in [-0.3, -0.25) is 4.79 Å². The lowest BCUT2D eigenvalue weighted by molar-refractivity contribution is -0.141. The van der Waals surface area contributed by atoms with Crippen LogP contribution >= 0.6 is 0 Å². The highest BCUT2D eigenvalue weighted by Crippen LogP contribution is 2.36. The largest absolute Gasteiger partial charge is 0.496 e. The van der Waals surface area contributed by atoms with Gasteiger partial charge in [-0.25, -0.2) is 9.79 Å². The van der Waals surface area contributed by atoms with Crippen LogP contribution in [0.2, 0.25) is 0 Å². The van der Waals surface area contributed by atoms with Crippen molar-refractivity contribution < 1.29 is 33.6 Å². The molecule has 1 aliphatic heterocycles. The van der Waals surface area contributed by atoms with E-state index in [1.165, 1.54) is 7.11 Å². The number of ether oxygens (including phenoxy) is 4. The van der Waals surface area contributed by atoms with Crippen LogP contribution in [0.1, 0.15) is 36.1 Å². The van der Waals surface area contributed by atoms with E-state index in [1.54, 1.807) is 20.3 Å². The molecule has 0 fully saturated rings. The zero-order valence-electron chi connectivity index (χ0n) is 22.6. The number of allylic oxidation sites excluding steroid dienone is 1. The summed E-state index contributed by atoms with van der Waals surface area (Å²) in [5.41, 5.74) is 5.22. The molecule has 0 spiro atoms. The molecule has 2 aromatic carbocycles. The minimum atomic E-state index is -1.15. The summed E-state index contributed by atoms with van der Waals surface area (Å²) in [5.74, 6) is -1.01. The lowest BCUT2D eigenvalue weighted by atomic mass is 9.88. The van der Waals surface area contributed by atoms with E-state index in [4.69, 9.17) is 18.9 Å². The third-order valence-corrected chi connectivity index (χ3v) is 6.85. The van der Waals surface area contributed by atoms with Gasteiger partial charge < -0.3 is 29.4 Å². The molecule has 1 amide bonds. The highest BCUT2D eigenvalue weighted by atomic mass is 16.5. The van der Waals surface area contributed by atoms with Crippen molar-refractivity contribution in [2.75, 3.05) is 34.5 Å². The SMILES string of the molecule is CCOCC1=CC(OC)=C(c2ccc(CC(NC(=O)C3=Nc4ccccc4C3OC)C(=O)O)cc2)C(OC)C1. The van der Waals surface area contributed by atoms with Crippen LogP contribution in [0.5, 0.6) is 0 Å². The Morgan fingerprint density at radius 3 is 2.46 bits per heavy atom. The first-order valence-electron chi connectivity index (χ1n) is 12.8. The van der Waals surface area contributed by atoms with E-state index in [0.717, 1.165) is 27.8 Å². The molecule has 0 bridgehead atoms. The lowest BCUT2D eigenvalue weighted by Gasteiger charge is -2.27. The number of amides is 1. The van der Waals surface area contributed by atoms with E-state index in [9.17, 15) is 14.7 Å². The van der Waals surface area contributed by atoms with E-state index in [0.29, 0.717) is 31.1 Å². The van der Waals surface area contributed by atoms with Gasteiger partial charge in [0.05, 0.1) is 25.5 Å². The quantitative estimate of drug-likeness (QED) is 0.423. The highest BCUT2D eigenvalue weighted by molar-refractivity contribution is 6.42. The van der Waals surface area contributed by atoms with Gasteiger partial charge in [0.15, 0.2) is 0 Å². The Hall–Kier alpha value is -3.79. The van der Waals surface area contributed by atoms with Crippen molar-refractivity contribution >= 4 is 28.8 Å². The molecule has 206 valence electrons. The van der Waals surface area contributed by atoms with Crippen LogP contribution in [0, 0.1) is 0 Å². The number of carboxylic acid groups (broad SMARTS) is 1. The van der Waals surface area contributed by atoms with Gasteiger partial charge in [0.1, 0.15) is 23.6 Å². The van der Waals surface area contributed by atoms with Gasteiger partial charge in [-0.15, -0.1) is 0 Å². The molecule has 3 unspecified atom stereocenters. The lowest BCUT2D eigenvalue weighted by Crippen LogP contribution is -2.46. The molecule has 2 aromatic rings. The number of aliphatic carboxylic acids is 1. The van der Waals surface area contributed by atoms with Crippen molar-refractivity contribution in [3.8, 4) is 0 Å². The summed E-state index contributed by atoms with van der Waals surface area (Å²) in [6, 6.07) is 13.7. The van der Waals surface area contributed by atoms with E-state index in [2.05, 4.69) is 10.3 Å². The molecule has 2 aliphatic rings. The van der Waals surface area contributed by atoms with Crippen molar-refractivity contribution in [2.45, 2.75) is 38.0 Å². The normalized spacial score (nSPS) is 19.2. The maximum absolute atomic E-state index is 13.0. The molecule has 1 aliphatic carbocycles. The zero-order chi connectivity index (χ0) is 27.9. The first-order valence-corrected chi connectivity index (χ1v) is 12.8. The number of methoxy groups -OCH3 is 3. The zero-order valence-corrected chi connectivity index (χ0v) is 22.6. The van der Waals surface area contributed by atoms with E-state index >= 15 is 0 Å². The molecule has 9 heteroatoms. The summed E-state index contributed by atoms with van der Waals surface area (Å²) >= 11 is 0. The van der Waals surface area contributed by atoms with Crippen molar-refractivity contribution in [3.63, 3.8) is 0 Å². The molecule has 0 aromatic heterocycles. The summed E-state index contributed by atoms with van der Waals surface area (Å²) in [7, 11) is 4.78. The van der Waals surface area contributed by atoms with E-state index < -0.39 is 24.0 Å². The van der Waals surface area contributed by atoms with Crippen molar-refractivity contribution in [2.24, 2.45) is 4.99 Å². The van der Waals surface area contributed by atoms with Crippen molar-refractivity contribution in [3.05, 3.63) is 82.6 Å². The Bertz CT molecular complexity index is 1300. The maximum Gasteiger partial charge on any atom is 0.326 e. The van der Waals surface area contributed by atoms with E-state index in [-0.39, 0.29) is 18.2 Å². The average molecular weight is 535 g/mol. The number of carbonyl (C=O) groups is 2. The maximum atomic E-state index is 13.0. The number of hydrogen-bond donors (Lipinski definition) is 2. The Morgan fingerprint density at radius 1 is 1.08 bits per heavy atom. The Labute approximate surface area is 228 Å². The van der Waals surface area contributed by atoms with Gasteiger partial charge in [0.25, 0.3) is 5.91 Å². The van der Waals surface area contributed by atoms with Gasteiger partial charge in [-0.1, -0.05) is 42.5 Å².